The minimum atomic E-state index is -0.526. The molecule has 0 radical (unpaired) electrons. The van der Waals surface area contributed by atoms with Crippen molar-refractivity contribution in [3.8, 4) is 11.5 Å². The first-order valence-corrected chi connectivity index (χ1v) is 12.3. The number of pyridine rings is 1. The molecule has 38 heavy (non-hydrogen) atoms. The van der Waals surface area contributed by atoms with Crippen molar-refractivity contribution in [2.75, 3.05) is 20.2 Å². The third-order valence-electron chi connectivity index (χ3n) is 5.91. The maximum atomic E-state index is 12.9. The molecule has 11 nitrogen and oxygen atoms in total. The van der Waals surface area contributed by atoms with Gasteiger partial charge in [0.2, 0.25) is 5.89 Å². The molecule has 2 amide bonds. The number of hydrogen-bond acceptors (Lipinski definition) is 9. The fourth-order valence-corrected chi connectivity index (χ4v) is 3.94. The molecule has 1 saturated heterocycles. The minimum absolute atomic E-state index is 0.106. The van der Waals surface area contributed by atoms with Gasteiger partial charge in [0.1, 0.15) is 17.6 Å². The Morgan fingerprint density at radius 2 is 1.89 bits per heavy atom. The summed E-state index contributed by atoms with van der Waals surface area (Å²) in [5.41, 5.74) is 1.49. The largest absolute Gasteiger partial charge is 0.494 e. The van der Waals surface area contributed by atoms with Crippen molar-refractivity contribution < 1.29 is 23.5 Å². The predicted octanol–water partition coefficient (Wildman–Crippen LogP) is 3.79. The maximum absolute atomic E-state index is 12.9. The Hall–Kier alpha value is -4.41. The second kappa shape index (κ2) is 11.3. The van der Waals surface area contributed by atoms with E-state index in [9.17, 15) is 9.59 Å². The first-order chi connectivity index (χ1) is 18.1. The minimum Gasteiger partial charge on any atom is -0.494 e. The molecule has 2 aromatic rings. The number of oxazole rings is 1. The van der Waals surface area contributed by atoms with Crippen molar-refractivity contribution in [2.45, 2.75) is 45.3 Å². The second-order valence-electron chi connectivity index (χ2n) is 9.92. The van der Waals surface area contributed by atoms with Crippen molar-refractivity contribution in [1.29, 1.82) is 5.41 Å². The van der Waals surface area contributed by atoms with Gasteiger partial charge < -0.3 is 34.8 Å². The van der Waals surface area contributed by atoms with Gasteiger partial charge in [0.05, 0.1) is 18.5 Å². The molecule has 1 aliphatic carbocycles. The Balaban J connectivity index is 1.39. The van der Waals surface area contributed by atoms with Gasteiger partial charge in [0.15, 0.2) is 5.69 Å². The van der Waals surface area contributed by atoms with Gasteiger partial charge in [-0.2, -0.15) is 0 Å². The molecule has 4 rings (SSSR count). The number of methoxy groups -OCH3 is 1. The highest BCUT2D eigenvalue weighted by Crippen LogP contribution is 2.22. The summed E-state index contributed by atoms with van der Waals surface area (Å²) in [6.45, 7) is 6.71. The molecule has 1 aliphatic heterocycles. The Morgan fingerprint density at radius 1 is 1.18 bits per heavy atom. The van der Waals surface area contributed by atoms with E-state index in [-0.39, 0.29) is 23.5 Å². The van der Waals surface area contributed by atoms with E-state index in [0.717, 1.165) is 12.8 Å². The number of carbonyl (C=O) groups excluding carboxylic acids is 2. The molecule has 3 N–H and O–H groups in total. The fraction of sp³-hybridized carbons (Fsp3) is 0.370. The van der Waals surface area contributed by atoms with E-state index in [1.165, 1.54) is 13.4 Å². The normalized spacial score (nSPS) is 17.5. The number of piperidine rings is 1. The number of likely N-dealkylation sites (tertiary alicyclic amines) is 1. The van der Waals surface area contributed by atoms with Crippen molar-refractivity contribution in [3.05, 3.63) is 71.9 Å². The van der Waals surface area contributed by atoms with Crippen LogP contribution in [0.15, 0.2) is 70.6 Å². The van der Waals surface area contributed by atoms with Crippen LogP contribution in [-0.2, 0) is 9.47 Å². The number of ether oxygens (including phenoxy) is 2. The van der Waals surface area contributed by atoms with Gasteiger partial charge in [-0.05, 0) is 51.8 Å². The lowest BCUT2D eigenvalue weighted by Gasteiger charge is -2.33. The van der Waals surface area contributed by atoms with Gasteiger partial charge in [-0.1, -0.05) is 0 Å². The number of rotatable bonds is 6. The van der Waals surface area contributed by atoms with Crippen LogP contribution in [0.3, 0.4) is 0 Å². The molecule has 0 saturated carbocycles. The second-order valence-corrected chi connectivity index (χ2v) is 9.92. The number of aromatic nitrogens is 2. The highest BCUT2D eigenvalue weighted by atomic mass is 16.6. The summed E-state index contributed by atoms with van der Waals surface area (Å²) in [7, 11) is 1.47. The molecule has 0 aromatic carbocycles. The molecule has 0 spiro atoms. The van der Waals surface area contributed by atoms with E-state index >= 15 is 0 Å². The standard InChI is InChI=1S/C27H32N6O5/c1-27(2,3)38-26(35)33-11-7-19(8-12-33)30-15-18-13-21(23(36-4)14-20(18)28)31-24(34)22-16-37-25(32-22)17-5-9-29-10-6-17/h5-6,9-10,13-16,19,28,30H,7-8,11-12H2,1-4H3,(H,31,34)/b18-15-,28-20?. The Kier molecular flexibility index (Phi) is 7.94. The number of hydrogen-bond donors (Lipinski definition) is 3. The summed E-state index contributed by atoms with van der Waals surface area (Å²) in [5, 5.41) is 14.5. The monoisotopic (exact) mass is 520 g/mol. The van der Waals surface area contributed by atoms with E-state index in [1.54, 1.807) is 47.8 Å². The highest BCUT2D eigenvalue weighted by Gasteiger charge is 2.27. The average molecular weight is 521 g/mol. The van der Waals surface area contributed by atoms with Crippen molar-refractivity contribution >= 4 is 17.7 Å². The van der Waals surface area contributed by atoms with Crippen LogP contribution >= 0.6 is 0 Å². The van der Waals surface area contributed by atoms with E-state index in [4.69, 9.17) is 19.3 Å². The van der Waals surface area contributed by atoms with Crippen LogP contribution in [0.5, 0.6) is 0 Å². The number of amides is 2. The van der Waals surface area contributed by atoms with Gasteiger partial charge in [0, 0.05) is 54.9 Å². The Morgan fingerprint density at radius 3 is 2.55 bits per heavy atom. The Labute approximate surface area is 221 Å². The van der Waals surface area contributed by atoms with Gasteiger partial charge in [-0.3, -0.25) is 9.78 Å². The zero-order valence-electron chi connectivity index (χ0n) is 21.9. The van der Waals surface area contributed by atoms with E-state index in [2.05, 4.69) is 20.6 Å². The third kappa shape index (κ3) is 6.67. The molecule has 3 heterocycles. The zero-order chi connectivity index (χ0) is 27.3. The fourth-order valence-electron chi connectivity index (χ4n) is 3.94. The molecule has 1 fully saturated rings. The summed E-state index contributed by atoms with van der Waals surface area (Å²) < 4.78 is 16.3. The molecule has 0 bridgehead atoms. The Bertz CT molecular complexity index is 1280. The highest BCUT2D eigenvalue weighted by molar-refractivity contribution is 6.10. The average Bonchev–Trinajstić information content (AvgIpc) is 3.39. The summed E-state index contributed by atoms with van der Waals surface area (Å²) in [6, 6.07) is 3.61. The van der Waals surface area contributed by atoms with Gasteiger partial charge in [-0.15, -0.1) is 0 Å². The van der Waals surface area contributed by atoms with Crippen molar-refractivity contribution in [1.82, 2.24) is 25.5 Å². The first kappa shape index (κ1) is 26.6. The molecule has 0 atom stereocenters. The van der Waals surface area contributed by atoms with E-state index in [1.807, 2.05) is 20.8 Å². The predicted molar refractivity (Wildman–Crippen MR) is 140 cm³/mol. The van der Waals surface area contributed by atoms with Gasteiger partial charge in [-0.25, -0.2) is 9.78 Å². The molecular weight excluding hydrogens is 488 g/mol. The quantitative estimate of drug-likeness (QED) is 0.522. The first-order valence-electron chi connectivity index (χ1n) is 12.3. The van der Waals surface area contributed by atoms with Crippen molar-refractivity contribution in [2.24, 2.45) is 0 Å². The lowest BCUT2D eigenvalue weighted by atomic mass is 10.0. The smallest absolute Gasteiger partial charge is 0.410 e. The van der Waals surface area contributed by atoms with Crippen LogP contribution in [0.2, 0.25) is 0 Å². The molecule has 0 unspecified atom stereocenters. The van der Waals surface area contributed by atoms with Gasteiger partial charge in [0.25, 0.3) is 5.91 Å². The third-order valence-corrected chi connectivity index (χ3v) is 5.91. The number of nitrogens with one attached hydrogen (secondary N) is 3. The lowest BCUT2D eigenvalue weighted by molar-refractivity contribution is 0.0201. The van der Waals surface area contributed by atoms with Crippen LogP contribution in [0.4, 0.5) is 4.79 Å². The van der Waals surface area contributed by atoms with Crippen LogP contribution in [-0.4, -0.2) is 64.4 Å². The molecule has 11 heteroatoms. The molecule has 200 valence electrons. The summed E-state index contributed by atoms with van der Waals surface area (Å²) >= 11 is 0. The zero-order valence-corrected chi connectivity index (χ0v) is 21.9. The summed E-state index contributed by atoms with van der Waals surface area (Å²) in [6.07, 6.45) is 10.7. The molecular formula is C27H32N6O5. The van der Waals surface area contributed by atoms with Crippen molar-refractivity contribution in [3.63, 3.8) is 0 Å². The molecule has 2 aliphatic rings. The summed E-state index contributed by atoms with van der Waals surface area (Å²) in [4.78, 5) is 35.1. The van der Waals surface area contributed by atoms with E-state index < -0.39 is 11.5 Å². The van der Waals surface area contributed by atoms with Gasteiger partial charge >= 0.3 is 6.09 Å². The van der Waals surface area contributed by atoms with Crippen LogP contribution in [0, 0.1) is 5.41 Å². The lowest BCUT2D eigenvalue weighted by Crippen LogP contribution is -2.45. The van der Waals surface area contributed by atoms with Crippen LogP contribution in [0.1, 0.15) is 44.1 Å². The maximum Gasteiger partial charge on any atom is 0.410 e. The summed E-state index contributed by atoms with van der Waals surface area (Å²) in [5.74, 6) is 0.185. The molecule has 2 aromatic heterocycles. The number of allylic oxidation sites excluding steroid dienone is 3. The SMILES string of the molecule is COC1=CC(=N)/C(=C\NC2CCN(C(=O)OC(C)(C)C)CC2)C=C1NC(=O)c1coc(-c2ccncc2)n1. The number of nitrogens with zero attached hydrogens (tertiary/aromatic N) is 3. The van der Waals surface area contributed by atoms with Crippen LogP contribution < -0.4 is 10.6 Å². The number of carbonyl (C=O) groups is 2. The van der Waals surface area contributed by atoms with Crippen LogP contribution in [0.25, 0.3) is 11.5 Å². The topological polar surface area (TPSA) is 143 Å². The van der Waals surface area contributed by atoms with E-state index in [0.29, 0.717) is 41.6 Å².